The first-order chi connectivity index (χ1) is 8.90. The fraction of sp³-hybridized carbons (Fsp3) is 0.308. The molecule has 1 unspecified atom stereocenters. The lowest BCUT2D eigenvalue weighted by molar-refractivity contribution is 0.371. The predicted octanol–water partition coefficient (Wildman–Crippen LogP) is 1.86. The fourth-order valence-electron chi connectivity index (χ4n) is 1.74. The highest BCUT2D eigenvalue weighted by molar-refractivity contribution is 5.19. The predicted molar refractivity (Wildman–Crippen MR) is 65.4 cm³/mol. The van der Waals surface area contributed by atoms with E-state index < -0.39 is 0 Å². The number of nitrogens with zero attached hydrogens (tertiary/aromatic N) is 3. The Morgan fingerprint density at radius 3 is 2.83 bits per heavy atom. The van der Waals surface area contributed by atoms with Gasteiger partial charge in [-0.15, -0.1) is 0 Å². The molecule has 0 fully saturated rings. The van der Waals surface area contributed by atoms with Gasteiger partial charge in [-0.25, -0.2) is 0 Å². The molecule has 18 heavy (non-hydrogen) atoms. The SMILES string of the molecule is N#CCC(NCCc1ncno1)c1ccccc1. The molecule has 0 bridgehead atoms. The molecule has 1 aromatic carbocycles. The maximum atomic E-state index is 8.85. The number of aromatic nitrogens is 2. The van der Waals surface area contributed by atoms with Gasteiger partial charge in [0.2, 0.25) is 5.89 Å². The van der Waals surface area contributed by atoms with Crippen LogP contribution in [0.3, 0.4) is 0 Å². The van der Waals surface area contributed by atoms with Gasteiger partial charge < -0.3 is 9.84 Å². The zero-order valence-corrected chi connectivity index (χ0v) is 9.91. The molecule has 1 N–H and O–H groups in total. The van der Waals surface area contributed by atoms with E-state index in [0.29, 0.717) is 25.3 Å². The summed E-state index contributed by atoms with van der Waals surface area (Å²) in [7, 11) is 0. The Morgan fingerprint density at radius 1 is 1.33 bits per heavy atom. The van der Waals surface area contributed by atoms with Crippen molar-refractivity contribution in [2.75, 3.05) is 6.54 Å². The van der Waals surface area contributed by atoms with Crippen molar-refractivity contribution in [2.24, 2.45) is 0 Å². The van der Waals surface area contributed by atoms with Gasteiger partial charge in [-0.1, -0.05) is 35.5 Å². The second-order valence-corrected chi connectivity index (χ2v) is 3.86. The maximum Gasteiger partial charge on any atom is 0.227 e. The van der Waals surface area contributed by atoms with E-state index >= 15 is 0 Å². The Hall–Kier alpha value is -2.19. The summed E-state index contributed by atoms with van der Waals surface area (Å²) in [5, 5.41) is 15.7. The lowest BCUT2D eigenvalue weighted by atomic mass is 10.0. The van der Waals surface area contributed by atoms with Gasteiger partial charge in [0.1, 0.15) is 0 Å². The average Bonchev–Trinajstić information content (AvgIpc) is 2.92. The molecule has 1 atom stereocenters. The van der Waals surface area contributed by atoms with E-state index in [1.54, 1.807) is 0 Å². The molecule has 0 aliphatic heterocycles. The van der Waals surface area contributed by atoms with E-state index in [-0.39, 0.29) is 6.04 Å². The monoisotopic (exact) mass is 242 g/mol. The summed E-state index contributed by atoms with van der Waals surface area (Å²) in [4.78, 5) is 3.95. The highest BCUT2D eigenvalue weighted by Gasteiger charge is 2.10. The highest BCUT2D eigenvalue weighted by atomic mass is 16.5. The quantitative estimate of drug-likeness (QED) is 0.836. The zero-order valence-electron chi connectivity index (χ0n) is 9.91. The van der Waals surface area contributed by atoms with Crippen molar-refractivity contribution < 1.29 is 4.52 Å². The van der Waals surface area contributed by atoms with Crippen LogP contribution in [-0.2, 0) is 6.42 Å². The number of benzene rings is 1. The Bertz CT molecular complexity index is 489. The van der Waals surface area contributed by atoms with Gasteiger partial charge >= 0.3 is 0 Å². The molecule has 0 radical (unpaired) electrons. The van der Waals surface area contributed by atoms with Crippen LogP contribution in [0.4, 0.5) is 0 Å². The first kappa shape index (κ1) is 12.3. The van der Waals surface area contributed by atoms with Crippen LogP contribution in [0.5, 0.6) is 0 Å². The third-order valence-corrected chi connectivity index (χ3v) is 2.63. The van der Waals surface area contributed by atoms with Crippen LogP contribution >= 0.6 is 0 Å². The van der Waals surface area contributed by atoms with Gasteiger partial charge in [0.15, 0.2) is 6.33 Å². The number of nitriles is 1. The fourth-order valence-corrected chi connectivity index (χ4v) is 1.74. The molecule has 1 heterocycles. The molecule has 5 heteroatoms. The third-order valence-electron chi connectivity index (χ3n) is 2.63. The molecule has 0 saturated heterocycles. The van der Waals surface area contributed by atoms with E-state index in [2.05, 4.69) is 21.5 Å². The molecule has 92 valence electrons. The smallest absolute Gasteiger partial charge is 0.227 e. The van der Waals surface area contributed by atoms with E-state index in [4.69, 9.17) is 9.78 Å². The van der Waals surface area contributed by atoms with Crippen LogP contribution in [0.25, 0.3) is 0 Å². The minimum absolute atomic E-state index is 0.0409. The molecule has 0 aliphatic carbocycles. The molecule has 1 aromatic heterocycles. The van der Waals surface area contributed by atoms with Crippen molar-refractivity contribution in [1.82, 2.24) is 15.5 Å². The number of hydrogen-bond donors (Lipinski definition) is 1. The van der Waals surface area contributed by atoms with Crippen molar-refractivity contribution in [1.29, 1.82) is 5.26 Å². The van der Waals surface area contributed by atoms with Crippen LogP contribution in [0.2, 0.25) is 0 Å². The Balaban J connectivity index is 1.89. The summed E-state index contributed by atoms with van der Waals surface area (Å²) in [5.41, 5.74) is 1.12. The Morgan fingerprint density at radius 2 is 2.17 bits per heavy atom. The van der Waals surface area contributed by atoms with Crippen molar-refractivity contribution in [2.45, 2.75) is 18.9 Å². The van der Waals surface area contributed by atoms with Crippen LogP contribution in [0.1, 0.15) is 23.9 Å². The van der Waals surface area contributed by atoms with Crippen LogP contribution < -0.4 is 5.32 Å². The normalized spacial score (nSPS) is 11.9. The summed E-state index contributed by atoms with van der Waals surface area (Å²) < 4.78 is 4.91. The van der Waals surface area contributed by atoms with Gasteiger partial charge in [0.05, 0.1) is 12.5 Å². The van der Waals surface area contributed by atoms with E-state index in [0.717, 1.165) is 5.56 Å². The van der Waals surface area contributed by atoms with Gasteiger partial charge in [0, 0.05) is 19.0 Å². The van der Waals surface area contributed by atoms with Crippen LogP contribution in [0.15, 0.2) is 41.2 Å². The highest BCUT2D eigenvalue weighted by Crippen LogP contribution is 2.15. The average molecular weight is 242 g/mol. The molecule has 0 aliphatic rings. The summed E-state index contributed by atoms with van der Waals surface area (Å²) in [6, 6.07) is 12.2. The largest absolute Gasteiger partial charge is 0.340 e. The summed E-state index contributed by atoms with van der Waals surface area (Å²) in [6.45, 7) is 0.698. The molecule has 0 amide bonds. The maximum absolute atomic E-state index is 8.85. The lowest BCUT2D eigenvalue weighted by Gasteiger charge is -2.15. The number of hydrogen-bond acceptors (Lipinski definition) is 5. The van der Waals surface area contributed by atoms with Crippen molar-refractivity contribution in [3.8, 4) is 6.07 Å². The zero-order chi connectivity index (χ0) is 12.6. The van der Waals surface area contributed by atoms with Gasteiger partial charge in [-0.05, 0) is 5.56 Å². The van der Waals surface area contributed by atoms with E-state index in [1.807, 2.05) is 30.3 Å². The summed E-state index contributed by atoms with van der Waals surface area (Å²) >= 11 is 0. The number of nitrogens with one attached hydrogen (secondary N) is 1. The first-order valence-corrected chi connectivity index (χ1v) is 5.81. The third kappa shape index (κ3) is 3.40. The van der Waals surface area contributed by atoms with E-state index in [1.165, 1.54) is 6.33 Å². The van der Waals surface area contributed by atoms with Gasteiger partial charge in [0.25, 0.3) is 0 Å². The lowest BCUT2D eigenvalue weighted by Crippen LogP contribution is -2.23. The Kier molecular flexibility index (Phi) is 4.45. The minimum Gasteiger partial charge on any atom is -0.340 e. The topological polar surface area (TPSA) is 74.7 Å². The second kappa shape index (κ2) is 6.52. The van der Waals surface area contributed by atoms with Crippen molar-refractivity contribution in [3.05, 3.63) is 48.1 Å². The molecular weight excluding hydrogens is 228 g/mol. The summed E-state index contributed by atoms with van der Waals surface area (Å²) in [6.07, 6.45) is 2.49. The summed E-state index contributed by atoms with van der Waals surface area (Å²) in [5.74, 6) is 0.603. The molecule has 5 nitrogen and oxygen atoms in total. The van der Waals surface area contributed by atoms with Gasteiger partial charge in [-0.3, -0.25) is 0 Å². The molecular formula is C13H14N4O. The molecule has 0 spiro atoms. The number of rotatable bonds is 6. The van der Waals surface area contributed by atoms with Gasteiger partial charge in [-0.2, -0.15) is 10.2 Å². The second-order valence-electron chi connectivity index (χ2n) is 3.86. The molecule has 2 aromatic rings. The molecule has 2 rings (SSSR count). The first-order valence-electron chi connectivity index (χ1n) is 5.81. The van der Waals surface area contributed by atoms with Crippen molar-refractivity contribution >= 4 is 0 Å². The molecule has 0 saturated carbocycles. The van der Waals surface area contributed by atoms with E-state index in [9.17, 15) is 0 Å². The van der Waals surface area contributed by atoms with Crippen molar-refractivity contribution in [3.63, 3.8) is 0 Å². The van der Waals surface area contributed by atoms with Crippen LogP contribution in [-0.4, -0.2) is 16.7 Å². The van der Waals surface area contributed by atoms with Crippen LogP contribution in [0, 0.1) is 11.3 Å². The minimum atomic E-state index is 0.0409. The standard InChI is InChI=1S/C13H14N4O/c14-8-6-12(11-4-2-1-3-5-11)15-9-7-13-16-10-17-18-13/h1-5,10,12,15H,6-7,9H2. The Labute approximate surface area is 105 Å².